The van der Waals surface area contributed by atoms with Gasteiger partial charge in [-0.1, -0.05) is 192 Å². The number of unbranched alkanes of at least 4 members (excludes halogenated alkanes) is 30. The average Bonchev–Trinajstić information content (AvgIpc) is 3.24. The van der Waals surface area contributed by atoms with Crippen LogP contribution in [0, 0.1) is 0 Å². The summed E-state index contributed by atoms with van der Waals surface area (Å²) in [5.41, 5.74) is 0. The normalized spacial score (nSPS) is 12.2. The van der Waals surface area contributed by atoms with Crippen LogP contribution in [0.25, 0.3) is 0 Å². The van der Waals surface area contributed by atoms with Gasteiger partial charge in [0, 0.05) is 19.3 Å². The predicted molar refractivity (Wildman–Crippen MR) is 256 cm³/mol. The fraction of sp³-hybridized carbons (Fsp3) is 0.833. The summed E-state index contributed by atoms with van der Waals surface area (Å²) in [7, 11) is 0. The Morgan fingerprint density at radius 2 is 0.550 bits per heavy atom. The van der Waals surface area contributed by atoms with Crippen molar-refractivity contribution in [2.24, 2.45) is 0 Å². The second-order valence-corrected chi connectivity index (χ2v) is 17.4. The minimum absolute atomic E-state index is 0.0810. The molecule has 0 saturated carbocycles. The Labute approximate surface area is 372 Å². The fourth-order valence-electron chi connectivity index (χ4n) is 7.37. The summed E-state index contributed by atoms with van der Waals surface area (Å²) in [6.45, 7) is 6.60. The van der Waals surface area contributed by atoms with E-state index in [-0.39, 0.29) is 31.1 Å². The van der Waals surface area contributed by atoms with Crippen molar-refractivity contribution in [3.8, 4) is 0 Å². The summed E-state index contributed by atoms with van der Waals surface area (Å²) in [6.07, 6.45) is 56.9. The number of carbonyl (C=O) groups excluding carboxylic acids is 3. The van der Waals surface area contributed by atoms with Crippen LogP contribution in [0.2, 0.25) is 0 Å². The van der Waals surface area contributed by atoms with Gasteiger partial charge in [0.25, 0.3) is 0 Å². The Morgan fingerprint density at radius 1 is 0.317 bits per heavy atom. The first kappa shape index (κ1) is 57.6. The van der Waals surface area contributed by atoms with E-state index in [4.69, 9.17) is 14.2 Å². The SMILES string of the molecule is CCCCC/C=C\CCCCCCCC(=O)OCC(COC(=O)CCCCCCC/C=C\CCCCCCCC)OC(=O)CCCCCCC/C=C\CCCCCCCC. The highest BCUT2D eigenvalue weighted by Crippen LogP contribution is 2.14. The molecule has 6 nitrogen and oxygen atoms in total. The molecule has 0 amide bonds. The molecule has 0 aromatic rings. The maximum atomic E-state index is 12.8. The molecule has 6 heteroatoms. The number of hydrogen-bond donors (Lipinski definition) is 0. The van der Waals surface area contributed by atoms with Gasteiger partial charge < -0.3 is 14.2 Å². The number of esters is 3. The molecule has 0 radical (unpaired) electrons. The van der Waals surface area contributed by atoms with E-state index >= 15 is 0 Å². The molecule has 0 aromatic carbocycles. The highest BCUT2D eigenvalue weighted by Gasteiger charge is 2.19. The van der Waals surface area contributed by atoms with Gasteiger partial charge in [-0.3, -0.25) is 14.4 Å². The minimum atomic E-state index is -0.780. The van der Waals surface area contributed by atoms with Gasteiger partial charge in [-0.2, -0.15) is 0 Å². The van der Waals surface area contributed by atoms with Crippen LogP contribution in [0.5, 0.6) is 0 Å². The van der Waals surface area contributed by atoms with Crippen LogP contribution in [0.1, 0.15) is 271 Å². The molecular formula is C54H98O6. The van der Waals surface area contributed by atoms with Crippen molar-refractivity contribution in [1.82, 2.24) is 0 Å². The maximum absolute atomic E-state index is 12.8. The van der Waals surface area contributed by atoms with Crippen LogP contribution in [0.15, 0.2) is 36.5 Å². The molecule has 0 saturated heterocycles. The number of hydrogen-bond acceptors (Lipinski definition) is 6. The second-order valence-electron chi connectivity index (χ2n) is 17.4. The zero-order valence-electron chi connectivity index (χ0n) is 40.0. The van der Waals surface area contributed by atoms with Gasteiger partial charge in [0.15, 0.2) is 6.10 Å². The highest BCUT2D eigenvalue weighted by molar-refractivity contribution is 5.71. The highest BCUT2D eigenvalue weighted by atomic mass is 16.6. The molecule has 0 fully saturated rings. The second kappa shape index (κ2) is 49.3. The lowest BCUT2D eigenvalue weighted by molar-refractivity contribution is -0.167. The zero-order chi connectivity index (χ0) is 43.7. The van der Waals surface area contributed by atoms with Gasteiger partial charge in [0.2, 0.25) is 0 Å². The third kappa shape index (κ3) is 46.7. The van der Waals surface area contributed by atoms with Gasteiger partial charge in [-0.25, -0.2) is 0 Å². The van der Waals surface area contributed by atoms with E-state index in [9.17, 15) is 14.4 Å². The fourth-order valence-corrected chi connectivity index (χ4v) is 7.37. The van der Waals surface area contributed by atoms with E-state index in [1.165, 1.54) is 148 Å². The monoisotopic (exact) mass is 843 g/mol. The molecule has 0 aliphatic carbocycles. The van der Waals surface area contributed by atoms with E-state index in [0.717, 1.165) is 83.5 Å². The molecule has 60 heavy (non-hydrogen) atoms. The van der Waals surface area contributed by atoms with Crippen molar-refractivity contribution in [2.75, 3.05) is 13.2 Å². The van der Waals surface area contributed by atoms with Crippen LogP contribution in [0.3, 0.4) is 0 Å². The minimum Gasteiger partial charge on any atom is -0.462 e. The van der Waals surface area contributed by atoms with Crippen LogP contribution in [0.4, 0.5) is 0 Å². The molecule has 0 aromatic heterocycles. The molecule has 1 unspecified atom stereocenters. The standard InChI is InChI=1S/C54H98O6/c1-4-7-10-13-16-19-22-25-27-29-32-35-38-41-44-47-53(56)59-50-51(49-58-52(55)46-43-40-37-34-31-24-21-18-15-12-9-6-3)60-54(57)48-45-42-39-36-33-30-28-26-23-20-17-14-11-8-5-2/h18,21,25-28,51H,4-17,19-20,22-24,29-50H2,1-3H3/b21-18-,27-25-,28-26-. The van der Waals surface area contributed by atoms with E-state index in [1.807, 2.05) is 0 Å². The summed E-state index contributed by atoms with van der Waals surface area (Å²) >= 11 is 0. The zero-order valence-corrected chi connectivity index (χ0v) is 40.0. The number of ether oxygens (including phenoxy) is 3. The topological polar surface area (TPSA) is 78.9 Å². The smallest absolute Gasteiger partial charge is 0.306 e. The first-order valence-electron chi connectivity index (χ1n) is 26.0. The quantitative estimate of drug-likeness (QED) is 0.0263. The Kier molecular flexibility index (Phi) is 47.3. The molecule has 0 aliphatic heterocycles. The van der Waals surface area contributed by atoms with Crippen molar-refractivity contribution in [3.05, 3.63) is 36.5 Å². The third-order valence-corrected chi connectivity index (χ3v) is 11.3. The lowest BCUT2D eigenvalue weighted by Gasteiger charge is -2.18. The number of rotatable bonds is 47. The first-order chi connectivity index (χ1) is 29.5. The van der Waals surface area contributed by atoms with Crippen LogP contribution >= 0.6 is 0 Å². The van der Waals surface area contributed by atoms with Gasteiger partial charge >= 0.3 is 17.9 Å². The first-order valence-corrected chi connectivity index (χ1v) is 26.0. The molecule has 0 N–H and O–H groups in total. The molecule has 0 bridgehead atoms. The Bertz CT molecular complexity index is 1020. The Balaban J connectivity index is 4.39. The molecule has 0 aliphatic rings. The molecule has 0 heterocycles. The lowest BCUT2D eigenvalue weighted by Crippen LogP contribution is -2.30. The van der Waals surface area contributed by atoms with Gasteiger partial charge in [-0.05, 0) is 96.3 Å². The maximum Gasteiger partial charge on any atom is 0.306 e. The largest absolute Gasteiger partial charge is 0.462 e. The predicted octanol–water partition coefficient (Wildman–Crippen LogP) is 16.9. The molecule has 0 rings (SSSR count). The van der Waals surface area contributed by atoms with Crippen molar-refractivity contribution < 1.29 is 28.6 Å². The van der Waals surface area contributed by atoms with Gasteiger partial charge in [-0.15, -0.1) is 0 Å². The summed E-state index contributed by atoms with van der Waals surface area (Å²) in [4.78, 5) is 37.9. The third-order valence-electron chi connectivity index (χ3n) is 11.3. The Morgan fingerprint density at radius 3 is 0.867 bits per heavy atom. The van der Waals surface area contributed by atoms with Crippen molar-refractivity contribution >= 4 is 17.9 Å². The molecule has 0 spiro atoms. The summed E-state index contributed by atoms with van der Waals surface area (Å²) in [6, 6.07) is 0. The Hall–Kier alpha value is -2.37. The molecule has 350 valence electrons. The van der Waals surface area contributed by atoms with Crippen LogP contribution in [-0.4, -0.2) is 37.2 Å². The lowest BCUT2D eigenvalue weighted by atomic mass is 10.1. The van der Waals surface area contributed by atoms with Gasteiger partial charge in [0.05, 0.1) is 0 Å². The summed E-state index contributed by atoms with van der Waals surface area (Å²) in [5, 5.41) is 0. The van der Waals surface area contributed by atoms with E-state index in [0.29, 0.717) is 19.3 Å². The summed E-state index contributed by atoms with van der Waals surface area (Å²) < 4.78 is 16.8. The number of allylic oxidation sites excluding steroid dienone is 6. The van der Waals surface area contributed by atoms with E-state index in [2.05, 4.69) is 57.2 Å². The van der Waals surface area contributed by atoms with Crippen LogP contribution in [-0.2, 0) is 28.6 Å². The van der Waals surface area contributed by atoms with Gasteiger partial charge in [0.1, 0.15) is 13.2 Å². The molecule has 1 atom stereocenters. The van der Waals surface area contributed by atoms with Crippen molar-refractivity contribution in [1.29, 1.82) is 0 Å². The number of carbonyl (C=O) groups is 3. The summed E-state index contributed by atoms with van der Waals surface area (Å²) in [5.74, 6) is -0.898. The van der Waals surface area contributed by atoms with E-state index < -0.39 is 6.10 Å². The van der Waals surface area contributed by atoms with E-state index in [1.54, 1.807) is 0 Å². The van der Waals surface area contributed by atoms with Crippen molar-refractivity contribution in [3.63, 3.8) is 0 Å². The average molecular weight is 843 g/mol. The molecular weight excluding hydrogens is 745 g/mol. The van der Waals surface area contributed by atoms with Crippen molar-refractivity contribution in [2.45, 2.75) is 277 Å². The van der Waals surface area contributed by atoms with Crippen LogP contribution < -0.4 is 0 Å².